The van der Waals surface area contributed by atoms with E-state index in [-0.39, 0.29) is 18.3 Å². The SMILES string of the molecule is CCOC(=O)CCCOc1ccccc1NC(=O)Cc1cc(-c2ccccc2)c2cccccc1-2. The lowest BCUT2D eigenvalue weighted by atomic mass is 10.0. The first-order valence-corrected chi connectivity index (χ1v) is 11.9. The fraction of sp³-hybridized carbons (Fsp3) is 0.200. The Balaban J connectivity index is 1.46. The molecule has 1 N–H and O–H groups in total. The summed E-state index contributed by atoms with van der Waals surface area (Å²) >= 11 is 0. The maximum absolute atomic E-state index is 13.1. The van der Waals surface area contributed by atoms with Gasteiger partial charge in [-0.15, -0.1) is 0 Å². The summed E-state index contributed by atoms with van der Waals surface area (Å²) in [6.45, 7) is 2.52. The number of nitrogens with one attached hydrogen (secondary N) is 1. The zero-order chi connectivity index (χ0) is 24.5. The minimum absolute atomic E-state index is 0.120. The van der Waals surface area contributed by atoms with Crippen molar-refractivity contribution < 1.29 is 19.1 Å². The van der Waals surface area contributed by atoms with Crippen molar-refractivity contribution in [2.75, 3.05) is 18.5 Å². The molecule has 4 rings (SSSR count). The molecule has 35 heavy (non-hydrogen) atoms. The van der Waals surface area contributed by atoms with Crippen molar-refractivity contribution in [2.24, 2.45) is 0 Å². The molecule has 2 aromatic rings. The van der Waals surface area contributed by atoms with Crippen molar-refractivity contribution in [3.63, 3.8) is 0 Å². The molecule has 0 saturated heterocycles. The molecule has 1 amide bonds. The quantitative estimate of drug-likeness (QED) is 0.218. The van der Waals surface area contributed by atoms with Gasteiger partial charge in [-0.05, 0) is 59.4 Å². The molecule has 0 atom stereocenters. The van der Waals surface area contributed by atoms with Gasteiger partial charge in [-0.25, -0.2) is 0 Å². The minimum Gasteiger partial charge on any atom is -0.491 e. The van der Waals surface area contributed by atoms with E-state index in [1.807, 2.05) is 60.7 Å². The highest BCUT2D eigenvalue weighted by atomic mass is 16.5. The fourth-order valence-electron chi connectivity index (χ4n) is 4.09. The largest absolute Gasteiger partial charge is 0.491 e. The predicted octanol–water partition coefficient (Wildman–Crippen LogP) is 6.36. The molecular weight excluding hydrogens is 438 g/mol. The maximum atomic E-state index is 13.1. The van der Waals surface area contributed by atoms with Crippen LogP contribution in [0.4, 0.5) is 5.69 Å². The molecule has 2 aliphatic carbocycles. The number of anilines is 1. The number of esters is 1. The van der Waals surface area contributed by atoms with Crippen LogP contribution in [0.25, 0.3) is 22.3 Å². The van der Waals surface area contributed by atoms with Crippen LogP contribution in [0.2, 0.25) is 0 Å². The van der Waals surface area contributed by atoms with E-state index in [2.05, 4.69) is 35.6 Å². The Labute approximate surface area is 206 Å². The molecule has 0 radical (unpaired) electrons. The Morgan fingerprint density at radius 1 is 0.800 bits per heavy atom. The number of para-hydroxylation sites is 2. The average molecular weight is 468 g/mol. The molecule has 0 saturated carbocycles. The van der Waals surface area contributed by atoms with Crippen molar-refractivity contribution in [3.05, 3.63) is 96.6 Å². The second-order valence-corrected chi connectivity index (χ2v) is 8.17. The second-order valence-electron chi connectivity index (χ2n) is 8.17. The summed E-state index contributed by atoms with van der Waals surface area (Å²) in [5.41, 5.74) is 6.00. The van der Waals surface area contributed by atoms with E-state index in [1.165, 1.54) is 0 Å². The molecule has 0 fully saturated rings. The van der Waals surface area contributed by atoms with Gasteiger partial charge in [0.25, 0.3) is 0 Å². The first kappa shape index (κ1) is 24.0. The van der Waals surface area contributed by atoms with Gasteiger partial charge < -0.3 is 14.8 Å². The van der Waals surface area contributed by atoms with Crippen molar-refractivity contribution in [3.8, 4) is 28.0 Å². The summed E-state index contributed by atoms with van der Waals surface area (Å²) in [5, 5.41) is 2.99. The predicted molar refractivity (Wildman–Crippen MR) is 139 cm³/mol. The zero-order valence-electron chi connectivity index (χ0n) is 19.8. The van der Waals surface area contributed by atoms with Crippen molar-refractivity contribution in [1.82, 2.24) is 0 Å². The summed E-state index contributed by atoms with van der Waals surface area (Å²) in [6.07, 6.45) is 1.08. The molecule has 178 valence electrons. The van der Waals surface area contributed by atoms with Gasteiger partial charge in [0.2, 0.25) is 5.91 Å². The topological polar surface area (TPSA) is 64.6 Å². The van der Waals surface area contributed by atoms with Crippen LogP contribution in [0.1, 0.15) is 25.3 Å². The molecule has 0 aliphatic heterocycles. The van der Waals surface area contributed by atoms with Gasteiger partial charge in [-0.3, -0.25) is 9.59 Å². The highest BCUT2D eigenvalue weighted by Crippen LogP contribution is 2.38. The summed E-state index contributed by atoms with van der Waals surface area (Å²) in [4.78, 5) is 24.6. The molecule has 0 aromatic heterocycles. The molecule has 0 heterocycles. The molecule has 0 spiro atoms. The number of carbonyl (C=O) groups is 2. The Bertz CT molecular complexity index is 1250. The Morgan fingerprint density at radius 3 is 2.26 bits per heavy atom. The summed E-state index contributed by atoms with van der Waals surface area (Å²) < 4.78 is 10.8. The first-order valence-electron chi connectivity index (χ1n) is 11.9. The van der Waals surface area contributed by atoms with Crippen LogP contribution in [0, 0.1) is 0 Å². The molecule has 5 nitrogen and oxygen atoms in total. The van der Waals surface area contributed by atoms with E-state index in [0.717, 1.165) is 27.8 Å². The van der Waals surface area contributed by atoms with Gasteiger partial charge in [0.1, 0.15) is 5.75 Å². The van der Waals surface area contributed by atoms with E-state index < -0.39 is 0 Å². The third kappa shape index (κ3) is 6.27. The zero-order valence-corrected chi connectivity index (χ0v) is 19.8. The van der Waals surface area contributed by atoms with Crippen LogP contribution in [0.5, 0.6) is 5.75 Å². The maximum Gasteiger partial charge on any atom is 0.305 e. The van der Waals surface area contributed by atoms with E-state index in [1.54, 1.807) is 6.92 Å². The normalized spacial score (nSPS) is 10.7. The molecule has 5 heteroatoms. The number of benzene rings is 2. The van der Waals surface area contributed by atoms with Crippen LogP contribution < -0.4 is 10.1 Å². The van der Waals surface area contributed by atoms with Gasteiger partial charge in [0, 0.05) is 6.42 Å². The van der Waals surface area contributed by atoms with Gasteiger partial charge >= 0.3 is 5.97 Å². The van der Waals surface area contributed by atoms with Crippen LogP contribution in [0.15, 0.2) is 91.0 Å². The fourth-order valence-corrected chi connectivity index (χ4v) is 4.09. The van der Waals surface area contributed by atoms with Gasteiger partial charge in [0.05, 0.1) is 25.3 Å². The van der Waals surface area contributed by atoms with Crippen LogP contribution in [-0.2, 0) is 20.7 Å². The van der Waals surface area contributed by atoms with Crippen LogP contribution in [-0.4, -0.2) is 25.1 Å². The second kappa shape index (κ2) is 11.8. The molecular formula is C30H29NO4. The lowest BCUT2D eigenvalue weighted by Crippen LogP contribution is -2.15. The lowest BCUT2D eigenvalue weighted by molar-refractivity contribution is -0.143. The highest BCUT2D eigenvalue weighted by Gasteiger charge is 2.18. The lowest BCUT2D eigenvalue weighted by Gasteiger charge is -2.12. The van der Waals surface area contributed by atoms with Crippen LogP contribution in [0.3, 0.4) is 0 Å². The number of hydrogen-bond acceptors (Lipinski definition) is 4. The summed E-state index contributed by atoms with van der Waals surface area (Å²) in [7, 11) is 0. The van der Waals surface area contributed by atoms with Crippen molar-refractivity contribution >= 4 is 17.6 Å². The Morgan fingerprint density at radius 2 is 1.49 bits per heavy atom. The molecule has 0 unspecified atom stereocenters. The third-order valence-corrected chi connectivity index (χ3v) is 5.68. The number of rotatable bonds is 10. The van der Waals surface area contributed by atoms with E-state index in [4.69, 9.17) is 9.47 Å². The van der Waals surface area contributed by atoms with Gasteiger partial charge in [-0.1, -0.05) is 72.8 Å². The Hall–Kier alpha value is -4.12. The average Bonchev–Trinajstić information content (AvgIpc) is 3.03. The van der Waals surface area contributed by atoms with Gasteiger partial charge in [-0.2, -0.15) is 0 Å². The standard InChI is InChI=1S/C30H29NO4/c1-2-34-30(33)18-11-19-35-28-17-10-9-16-27(28)31-29(32)21-23-20-26(22-12-5-3-6-13-22)25-15-8-4-7-14-24(23)25/h3-10,12-17,20H,2,11,18-19,21H2,1H3,(H,31,32). The highest BCUT2D eigenvalue weighted by molar-refractivity contribution is 5.97. The number of carbonyl (C=O) groups excluding carboxylic acids is 2. The minimum atomic E-state index is -0.233. The van der Waals surface area contributed by atoms with E-state index >= 15 is 0 Å². The first-order chi connectivity index (χ1) is 17.2. The molecule has 0 bridgehead atoms. The van der Waals surface area contributed by atoms with E-state index in [9.17, 15) is 9.59 Å². The summed E-state index contributed by atoms with van der Waals surface area (Å²) in [5.74, 6) is 0.224. The monoisotopic (exact) mass is 467 g/mol. The number of hydrogen-bond donors (Lipinski definition) is 1. The summed E-state index contributed by atoms with van der Waals surface area (Å²) in [6, 6.07) is 29.8. The molecule has 2 aromatic carbocycles. The third-order valence-electron chi connectivity index (χ3n) is 5.68. The van der Waals surface area contributed by atoms with Crippen molar-refractivity contribution in [2.45, 2.75) is 26.2 Å². The van der Waals surface area contributed by atoms with Gasteiger partial charge in [0.15, 0.2) is 0 Å². The number of amides is 1. The van der Waals surface area contributed by atoms with Crippen molar-refractivity contribution in [1.29, 1.82) is 0 Å². The smallest absolute Gasteiger partial charge is 0.305 e. The van der Waals surface area contributed by atoms with E-state index in [0.29, 0.717) is 37.5 Å². The molecule has 2 aliphatic rings. The number of fused-ring (bicyclic) bond motifs is 1. The number of ether oxygens (including phenoxy) is 2. The van der Waals surface area contributed by atoms with Crippen LogP contribution >= 0.6 is 0 Å². The Kier molecular flexibility index (Phi) is 8.12.